The average molecular weight is 416 g/mol. The van der Waals surface area contributed by atoms with Crippen LogP contribution in [-0.4, -0.2) is 11.0 Å². The Bertz CT molecular complexity index is 1000. The normalized spacial score (nSPS) is 11.0. The van der Waals surface area contributed by atoms with Crippen LogP contribution in [0.2, 0.25) is 0 Å². The topological polar surface area (TPSA) is 63.2 Å². The number of anilines is 2. The maximum Gasteiger partial charge on any atom is 0.329 e. The Morgan fingerprint density at radius 1 is 0.833 bits per heavy atom. The van der Waals surface area contributed by atoms with E-state index in [1.165, 1.54) is 18.3 Å². The Morgan fingerprint density at radius 2 is 1.30 bits per heavy atom. The summed E-state index contributed by atoms with van der Waals surface area (Å²) in [5.74, 6) is 0.0468. The third-order valence-electron chi connectivity index (χ3n) is 4.72. The molecule has 6 heteroatoms. The minimum absolute atomic E-state index is 0.426. The lowest BCUT2D eigenvalue weighted by Gasteiger charge is -2.36. The van der Waals surface area contributed by atoms with Crippen molar-refractivity contribution >= 4 is 28.3 Å². The van der Waals surface area contributed by atoms with E-state index in [2.05, 4.69) is 52.2 Å². The Kier molecular flexibility index (Phi) is 5.77. The molecular weight excluding hydrogens is 394 g/mol. The average Bonchev–Trinajstić information content (AvgIpc) is 3.25. The summed E-state index contributed by atoms with van der Waals surface area (Å²) in [4.78, 5) is 20.5. The zero-order chi connectivity index (χ0) is 20.8. The van der Waals surface area contributed by atoms with E-state index in [4.69, 9.17) is 4.84 Å². The SMILES string of the molecule is CC(=O)ONc1csc(NC(c2ccccc2)(c2ccccc2)c2ccccc2)n1. The highest BCUT2D eigenvalue weighted by Crippen LogP contribution is 2.40. The molecule has 0 amide bonds. The summed E-state index contributed by atoms with van der Waals surface area (Å²) in [7, 11) is 0. The lowest BCUT2D eigenvalue weighted by atomic mass is 9.77. The molecule has 0 fully saturated rings. The van der Waals surface area contributed by atoms with Crippen LogP contribution in [0.1, 0.15) is 23.6 Å². The van der Waals surface area contributed by atoms with Gasteiger partial charge in [0.25, 0.3) is 0 Å². The molecule has 0 unspecified atom stereocenters. The van der Waals surface area contributed by atoms with Crippen molar-refractivity contribution in [2.75, 3.05) is 10.8 Å². The van der Waals surface area contributed by atoms with Gasteiger partial charge in [-0.15, -0.1) is 11.3 Å². The molecular formula is C24H21N3O2S. The van der Waals surface area contributed by atoms with Gasteiger partial charge in [-0.2, -0.15) is 5.48 Å². The molecule has 150 valence electrons. The predicted octanol–water partition coefficient (Wildman–Crippen LogP) is 5.44. The van der Waals surface area contributed by atoms with Crippen molar-refractivity contribution in [1.29, 1.82) is 0 Å². The number of nitrogens with one attached hydrogen (secondary N) is 2. The monoisotopic (exact) mass is 415 g/mol. The Hall–Kier alpha value is -3.64. The lowest BCUT2D eigenvalue weighted by molar-refractivity contribution is -0.138. The highest BCUT2D eigenvalue weighted by Gasteiger charge is 2.37. The standard InChI is InChI=1S/C24H21N3O2S/c1-18(28)29-27-22-17-30-23(25-22)26-24(19-11-5-2-6-12-19,20-13-7-3-8-14-20)21-15-9-4-10-16-21/h2-17,27H,1H3,(H,25,26). The molecule has 0 aliphatic rings. The summed E-state index contributed by atoms with van der Waals surface area (Å²) in [5.41, 5.74) is 5.20. The van der Waals surface area contributed by atoms with E-state index in [-0.39, 0.29) is 0 Å². The van der Waals surface area contributed by atoms with Crippen LogP contribution in [0.15, 0.2) is 96.4 Å². The zero-order valence-electron chi connectivity index (χ0n) is 16.4. The van der Waals surface area contributed by atoms with Gasteiger partial charge in [-0.3, -0.25) is 4.79 Å². The van der Waals surface area contributed by atoms with E-state index in [0.717, 1.165) is 16.7 Å². The van der Waals surface area contributed by atoms with Crippen molar-refractivity contribution in [2.24, 2.45) is 0 Å². The second-order valence-electron chi connectivity index (χ2n) is 6.71. The summed E-state index contributed by atoms with van der Waals surface area (Å²) >= 11 is 1.44. The van der Waals surface area contributed by atoms with Gasteiger partial charge >= 0.3 is 5.97 Å². The summed E-state index contributed by atoms with van der Waals surface area (Å²) in [6, 6.07) is 30.9. The van der Waals surface area contributed by atoms with Crippen molar-refractivity contribution in [1.82, 2.24) is 4.98 Å². The summed E-state index contributed by atoms with van der Waals surface area (Å²) in [5, 5.41) is 6.17. The minimum Gasteiger partial charge on any atom is -0.344 e. The van der Waals surface area contributed by atoms with Gasteiger partial charge in [0, 0.05) is 12.3 Å². The molecule has 0 atom stereocenters. The molecule has 4 rings (SSSR count). The van der Waals surface area contributed by atoms with Gasteiger partial charge in [0.1, 0.15) is 5.54 Å². The van der Waals surface area contributed by atoms with Crippen LogP contribution in [0.4, 0.5) is 10.9 Å². The van der Waals surface area contributed by atoms with E-state index in [0.29, 0.717) is 10.9 Å². The van der Waals surface area contributed by atoms with E-state index >= 15 is 0 Å². The fourth-order valence-electron chi connectivity index (χ4n) is 3.44. The molecule has 2 N–H and O–H groups in total. The van der Waals surface area contributed by atoms with Crippen LogP contribution >= 0.6 is 11.3 Å². The Balaban J connectivity index is 1.84. The largest absolute Gasteiger partial charge is 0.344 e. The third-order valence-corrected chi connectivity index (χ3v) is 5.48. The number of hydrogen-bond donors (Lipinski definition) is 2. The first-order valence-electron chi connectivity index (χ1n) is 9.52. The second-order valence-corrected chi connectivity index (χ2v) is 7.56. The predicted molar refractivity (Wildman–Crippen MR) is 120 cm³/mol. The highest BCUT2D eigenvalue weighted by molar-refractivity contribution is 7.14. The number of hydrogen-bond acceptors (Lipinski definition) is 6. The smallest absolute Gasteiger partial charge is 0.329 e. The number of rotatable bonds is 7. The molecule has 0 aliphatic heterocycles. The van der Waals surface area contributed by atoms with Crippen LogP contribution < -0.4 is 10.8 Å². The highest BCUT2D eigenvalue weighted by atomic mass is 32.1. The molecule has 5 nitrogen and oxygen atoms in total. The van der Waals surface area contributed by atoms with Gasteiger partial charge in [-0.1, -0.05) is 91.0 Å². The van der Waals surface area contributed by atoms with Crippen molar-refractivity contribution in [3.63, 3.8) is 0 Å². The lowest BCUT2D eigenvalue weighted by Crippen LogP contribution is -2.38. The van der Waals surface area contributed by atoms with Crippen LogP contribution in [0, 0.1) is 0 Å². The number of benzene rings is 3. The van der Waals surface area contributed by atoms with Crippen LogP contribution in [0.3, 0.4) is 0 Å². The van der Waals surface area contributed by atoms with E-state index in [1.807, 2.05) is 54.6 Å². The summed E-state index contributed by atoms with van der Waals surface area (Å²) in [6.07, 6.45) is 0. The van der Waals surface area contributed by atoms with Crippen LogP contribution in [0.25, 0.3) is 0 Å². The molecule has 3 aromatic carbocycles. The molecule has 4 aromatic rings. The fraction of sp³-hybridized carbons (Fsp3) is 0.0833. The van der Waals surface area contributed by atoms with Gasteiger partial charge < -0.3 is 10.2 Å². The quantitative estimate of drug-likeness (QED) is 0.311. The number of nitrogens with zero attached hydrogens (tertiary/aromatic N) is 1. The van der Waals surface area contributed by atoms with Crippen molar-refractivity contribution in [3.8, 4) is 0 Å². The van der Waals surface area contributed by atoms with Gasteiger partial charge in [0.2, 0.25) is 0 Å². The first-order chi connectivity index (χ1) is 14.7. The molecule has 0 saturated heterocycles. The van der Waals surface area contributed by atoms with E-state index in [9.17, 15) is 4.79 Å². The number of carbonyl (C=O) groups excluding carboxylic acids is 1. The molecule has 1 aromatic heterocycles. The molecule has 1 heterocycles. The first-order valence-corrected chi connectivity index (χ1v) is 10.4. The van der Waals surface area contributed by atoms with Gasteiger partial charge in [-0.25, -0.2) is 4.98 Å². The molecule has 30 heavy (non-hydrogen) atoms. The van der Waals surface area contributed by atoms with Crippen LogP contribution in [0.5, 0.6) is 0 Å². The second kappa shape index (κ2) is 8.80. The van der Waals surface area contributed by atoms with Gasteiger partial charge in [0.05, 0.1) is 0 Å². The third kappa shape index (κ3) is 4.04. The van der Waals surface area contributed by atoms with Crippen molar-refractivity contribution < 1.29 is 9.63 Å². The number of thiazole rings is 1. The molecule has 0 spiro atoms. The molecule has 0 aliphatic carbocycles. The first kappa shape index (κ1) is 19.7. The van der Waals surface area contributed by atoms with Gasteiger partial charge in [0.15, 0.2) is 10.9 Å². The Labute approximate surface area is 179 Å². The number of aromatic nitrogens is 1. The fourth-order valence-corrected chi connectivity index (χ4v) is 4.13. The minimum atomic E-state index is -0.652. The summed E-state index contributed by atoms with van der Waals surface area (Å²) in [6.45, 7) is 1.34. The number of carbonyl (C=O) groups is 1. The Morgan fingerprint density at radius 3 is 1.73 bits per heavy atom. The maximum atomic E-state index is 11.1. The van der Waals surface area contributed by atoms with E-state index < -0.39 is 11.5 Å². The van der Waals surface area contributed by atoms with E-state index in [1.54, 1.807) is 5.38 Å². The summed E-state index contributed by atoms with van der Waals surface area (Å²) < 4.78 is 0. The maximum absolute atomic E-state index is 11.1. The van der Waals surface area contributed by atoms with Crippen molar-refractivity contribution in [3.05, 3.63) is 113 Å². The molecule has 0 radical (unpaired) electrons. The van der Waals surface area contributed by atoms with Crippen molar-refractivity contribution in [2.45, 2.75) is 12.5 Å². The zero-order valence-corrected chi connectivity index (χ0v) is 17.2. The van der Waals surface area contributed by atoms with Gasteiger partial charge in [-0.05, 0) is 16.7 Å². The molecule has 0 bridgehead atoms. The van der Waals surface area contributed by atoms with Crippen LogP contribution in [-0.2, 0) is 15.2 Å². The molecule has 0 saturated carbocycles.